The van der Waals surface area contributed by atoms with Crippen molar-refractivity contribution >= 4 is 12.2 Å². The van der Waals surface area contributed by atoms with Gasteiger partial charge in [-0.15, -0.1) is 0 Å². The molecule has 0 radical (unpaired) electrons. The van der Waals surface area contributed by atoms with Gasteiger partial charge in [0.2, 0.25) is 5.91 Å². The van der Waals surface area contributed by atoms with Crippen LogP contribution in [-0.2, 0) is 9.59 Å². The molecule has 0 heterocycles. The third-order valence-electron chi connectivity index (χ3n) is 8.76. The smallest absolute Gasteiger partial charge is 0.224 e. The first kappa shape index (κ1) is 19.9. The Morgan fingerprint density at radius 3 is 2.57 bits per heavy atom. The van der Waals surface area contributed by atoms with E-state index in [1.807, 2.05) is 0 Å². The summed E-state index contributed by atoms with van der Waals surface area (Å²) >= 11 is 0. The molecule has 2 fully saturated rings. The summed E-state index contributed by atoms with van der Waals surface area (Å²) in [7, 11) is 0. The van der Waals surface area contributed by atoms with Crippen molar-refractivity contribution in [2.45, 2.75) is 85.1 Å². The number of carbonyl (C=O) groups excluding carboxylic acids is 2. The molecule has 1 N–H and O–H groups in total. The van der Waals surface area contributed by atoms with E-state index in [1.165, 1.54) is 18.4 Å². The molecule has 1 amide bonds. The summed E-state index contributed by atoms with van der Waals surface area (Å²) in [4.78, 5) is 24.4. The van der Waals surface area contributed by atoms with Crippen LogP contribution in [-0.4, -0.2) is 17.7 Å². The van der Waals surface area contributed by atoms with Crippen LogP contribution in [0.25, 0.3) is 0 Å². The number of hydrogen-bond donors (Lipinski definition) is 1. The molecule has 6 atom stereocenters. The first-order valence-corrected chi connectivity index (χ1v) is 11.3. The van der Waals surface area contributed by atoms with Gasteiger partial charge < -0.3 is 5.32 Å². The van der Waals surface area contributed by atoms with E-state index in [0.717, 1.165) is 44.0 Å². The fourth-order valence-corrected chi connectivity index (χ4v) is 7.33. The van der Waals surface area contributed by atoms with Gasteiger partial charge in [-0.25, -0.2) is 0 Å². The Kier molecular flexibility index (Phi) is 4.67. The van der Waals surface area contributed by atoms with E-state index in [2.05, 4.69) is 52.1 Å². The zero-order chi connectivity index (χ0) is 20.3. The van der Waals surface area contributed by atoms with Crippen molar-refractivity contribution in [1.29, 1.82) is 0 Å². The summed E-state index contributed by atoms with van der Waals surface area (Å²) in [6.07, 6.45) is 13.4. The monoisotopic (exact) mass is 383 g/mol. The summed E-state index contributed by atoms with van der Waals surface area (Å²) in [6, 6.07) is 0. The maximum atomic E-state index is 13.1. The van der Waals surface area contributed by atoms with Crippen LogP contribution in [0.5, 0.6) is 0 Å². The van der Waals surface area contributed by atoms with Crippen LogP contribution in [0.1, 0.15) is 79.6 Å². The van der Waals surface area contributed by atoms with Crippen LogP contribution in [0.15, 0.2) is 23.3 Å². The van der Waals surface area contributed by atoms with Crippen molar-refractivity contribution in [3.8, 4) is 0 Å². The topological polar surface area (TPSA) is 46.2 Å². The van der Waals surface area contributed by atoms with Gasteiger partial charge in [0.25, 0.3) is 0 Å². The van der Waals surface area contributed by atoms with Crippen LogP contribution in [0.3, 0.4) is 0 Å². The molecule has 4 rings (SSSR count). The molecule has 0 bridgehead atoms. The van der Waals surface area contributed by atoms with E-state index in [1.54, 1.807) is 0 Å². The molecule has 2 saturated carbocycles. The van der Waals surface area contributed by atoms with Crippen molar-refractivity contribution in [2.75, 3.05) is 0 Å². The van der Waals surface area contributed by atoms with Crippen LogP contribution < -0.4 is 5.32 Å². The van der Waals surface area contributed by atoms with Gasteiger partial charge in [0.1, 0.15) is 6.29 Å². The second kappa shape index (κ2) is 6.57. The predicted octanol–water partition coefficient (Wildman–Crippen LogP) is 5.22. The minimum Gasteiger partial charge on any atom is -0.351 e. The zero-order valence-corrected chi connectivity index (χ0v) is 18.3. The first-order chi connectivity index (χ1) is 13.1. The van der Waals surface area contributed by atoms with Gasteiger partial charge in [0.15, 0.2) is 0 Å². The summed E-state index contributed by atoms with van der Waals surface area (Å²) in [5.41, 5.74) is 2.55. The molecule has 0 aromatic heterocycles. The Balaban J connectivity index is 1.60. The highest BCUT2D eigenvalue weighted by Crippen LogP contribution is 2.65. The molecule has 28 heavy (non-hydrogen) atoms. The molecule has 3 nitrogen and oxygen atoms in total. The van der Waals surface area contributed by atoms with Gasteiger partial charge in [-0.1, -0.05) is 26.0 Å². The van der Waals surface area contributed by atoms with E-state index in [-0.39, 0.29) is 28.2 Å². The normalized spacial score (nSPS) is 42.5. The number of fused-ring (bicyclic) bond motifs is 5. The molecule has 4 aliphatic carbocycles. The van der Waals surface area contributed by atoms with Crippen LogP contribution >= 0.6 is 0 Å². The van der Waals surface area contributed by atoms with Gasteiger partial charge in [-0.05, 0) is 105 Å². The summed E-state index contributed by atoms with van der Waals surface area (Å²) in [6.45, 7) is 11.1. The SMILES string of the molecule is CC(C)(C)NC(=O)[C@H]1CC[C@H]2[C@@H]3CC=C4C=C(C=O)CC[C@]4(C)[C@H]3CC[C@]12C. The Labute approximate surface area is 170 Å². The molecular formula is C25H37NO2. The molecule has 0 aromatic carbocycles. The van der Waals surface area contributed by atoms with Crippen molar-refractivity contribution in [2.24, 2.45) is 34.5 Å². The Bertz CT molecular complexity index is 742. The quantitative estimate of drug-likeness (QED) is 0.665. The van der Waals surface area contributed by atoms with Crippen molar-refractivity contribution in [3.05, 3.63) is 23.3 Å². The number of hydrogen-bond acceptors (Lipinski definition) is 2. The Morgan fingerprint density at radius 2 is 1.89 bits per heavy atom. The minimum absolute atomic E-state index is 0.136. The molecule has 0 saturated heterocycles. The van der Waals surface area contributed by atoms with Crippen LogP contribution in [0.2, 0.25) is 0 Å². The number of nitrogens with one attached hydrogen (secondary N) is 1. The number of rotatable bonds is 2. The van der Waals surface area contributed by atoms with Crippen LogP contribution in [0, 0.1) is 34.5 Å². The molecule has 4 aliphatic rings. The van der Waals surface area contributed by atoms with Gasteiger partial charge in [-0.2, -0.15) is 0 Å². The third kappa shape index (κ3) is 3.00. The number of aldehydes is 1. The van der Waals surface area contributed by atoms with Gasteiger partial charge in [0, 0.05) is 11.5 Å². The zero-order valence-electron chi connectivity index (χ0n) is 18.3. The van der Waals surface area contributed by atoms with Crippen molar-refractivity contribution in [3.63, 3.8) is 0 Å². The molecule has 0 spiro atoms. The lowest BCUT2D eigenvalue weighted by Crippen LogP contribution is -2.52. The number of carbonyl (C=O) groups is 2. The van der Waals surface area contributed by atoms with E-state index < -0.39 is 0 Å². The standard InChI is InChI=1S/C25H37NO2/c1-23(2,3)26-22(28)21-9-8-19-18-7-6-17-14-16(15-27)10-12-24(17,4)20(18)11-13-25(19,21)5/h6,14-15,18-21H,7-13H2,1-5H3,(H,26,28)/t18-,19-,20-,21+,24-,25-/m0/s1. The number of allylic oxidation sites excluding steroid dienone is 4. The summed E-state index contributed by atoms with van der Waals surface area (Å²) in [5, 5.41) is 3.26. The fraction of sp³-hybridized carbons (Fsp3) is 0.760. The van der Waals surface area contributed by atoms with E-state index >= 15 is 0 Å². The highest BCUT2D eigenvalue weighted by Gasteiger charge is 2.59. The molecular weight excluding hydrogens is 346 g/mol. The maximum absolute atomic E-state index is 13.1. The highest BCUT2D eigenvalue weighted by molar-refractivity contribution is 5.80. The first-order valence-electron chi connectivity index (χ1n) is 11.3. The fourth-order valence-electron chi connectivity index (χ4n) is 7.33. The molecule has 0 aliphatic heterocycles. The van der Waals surface area contributed by atoms with Crippen molar-refractivity contribution < 1.29 is 9.59 Å². The van der Waals surface area contributed by atoms with Gasteiger partial charge in [-0.3, -0.25) is 9.59 Å². The van der Waals surface area contributed by atoms with Crippen LogP contribution in [0.4, 0.5) is 0 Å². The maximum Gasteiger partial charge on any atom is 0.224 e. The highest BCUT2D eigenvalue weighted by atomic mass is 16.2. The van der Waals surface area contributed by atoms with E-state index in [0.29, 0.717) is 17.8 Å². The van der Waals surface area contributed by atoms with E-state index in [9.17, 15) is 9.59 Å². The summed E-state index contributed by atoms with van der Waals surface area (Å²) < 4.78 is 0. The molecule has 0 unspecified atom stereocenters. The van der Waals surface area contributed by atoms with E-state index in [4.69, 9.17) is 0 Å². The lowest BCUT2D eigenvalue weighted by atomic mass is 9.48. The Morgan fingerprint density at radius 1 is 1.14 bits per heavy atom. The molecule has 0 aromatic rings. The second-order valence-electron chi connectivity index (χ2n) is 11.4. The molecule has 154 valence electrons. The summed E-state index contributed by atoms with van der Waals surface area (Å²) in [5.74, 6) is 2.45. The predicted molar refractivity (Wildman–Crippen MR) is 113 cm³/mol. The number of amides is 1. The lowest BCUT2D eigenvalue weighted by Gasteiger charge is -2.57. The second-order valence-corrected chi connectivity index (χ2v) is 11.4. The third-order valence-corrected chi connectivity index (χ3v) is 8.76. The van der Waals surface area contributed by atoms with Gasteiger partial charge >= 0.3 is 0 Å². The average Bonchev–Trinajstić information content (AvgIpc) is 2.97. The molecule has 3 heteroatoms. The van der Waals surface area contributed by atoms with Crippen molar-refractivity contribution in [1.82, 2.24) is 5.32 Å². The largest absolute Gasteiger partial charge is 0.351 e. The lowest BCUT2D eigenvalue weighted by molar-refractivity contribution is -0.133. The minimum atomic E-state index is -0.163. The Hall–Kier alpha value is -1.38. The average molecular weight is 384 g/mol. The van der Waals surface area contributed by atoms with Gasteiger partial charge in [0.05, 0.1) is 0 Å².